The van der Waals surface area contributed by atoms with E-state index in [1.54, 1.807) is 13.3 Å². The van der Waals surface area contributed by atoms with Crippen LogP contribution >= 0.6 is 0 Å². The largest absolute Gasteiger partial charge is 0.496 e. The summed E-state index contributed by atoms with van der Waals surface area (Å²) in [6.45, 7) is 0. The first-order valence-corrected chi connectivity index (χ1v) is 4.16. The van der Waals surface area contributed by atoms with Gasteiger partial charge in [-0.1, -0.05) is 12.1 Å². The molecule has 2 rings (SSSR count). The molecule has 2 aromatic rings. The zero-order valence-corrected chi connectivity index (χ0v) is 7.73. The van der Waals surface area contributed by atoms with Gasteiger partial charge < -0.3 is 14.9 Å². The molecule has 0 spiro atoms. The summed E-state index contributed by atoms with van der Waals surface area (Å²) < 4.78 is 10.4. The van der Waals surface area contributed by atoms with Crippen LogP contribution in [0.5, 0.6) is 5.75 Å². The molecule has 4 heteroatoms. The van der Waals surface area contributed by atoms with Crippen molar-refractivity contribution in [2.75, 3.05) is 12.8 Å². The van der Waals surface area contributed by atoms with Crippen LogP contribution in [0.4, 0.5) is 6.01 Å². The Kier molecular flexibility index (Phi) is 2.10. The molecule has 1 heterocycles. The molecule has 0 amide bonds. The molecule has 1 aromatic heterocycles. The third-order valence-electron chi connectivity index (χ3n) is 1.90. The second-order valence-corrected chi connectivity index (χ2v) is 2.76. The Morgan fingerprint density at radius 1 is 1.36 bits per heavy atom. The molecule has 0 saturated heterocycles. The SMILES string of the molecule is COc1ccccc1-c1cnc(N)o1. The number of methoxy groups -OCH3 is 1. The van der Waals surface area contributed by atoms with E-state index >= 15 is 0 Å². The van der Waals surface area contributed by atoms with Crippen LogP contribution in [-0.4, -0.2) is 12.1 Å². The van der Waals surface area contributed by atoms with Crippen molar-refractivity contribution in [2.45, 2.75) is 0 Å². The van der Waals surface area contributed by atoms with Crippen LogP contribution in [0.3, 0.4) is 0 Å². The fourth-order valence-corrected chi connectivity index (χ4v) is 1.26. The zero-order valence-electron chi connectivity index (χ0n) is 7.73. The van der Waals surface area contributed by atoms with E-state index in [4.69, 9.17) is 14.9 Å². The second kappa shape index (κ2) is 3.41. The number of nitrogen functional groups attached to an aromatic ring is 1. The van der Waals surface area contributed by atoms with E-state index in [1.807, 2.05) is 24.3 Å². The van der Waals surface area contributed by atoms with Crippen LogP contribution < -0.4 is 10.5 Å². The van der Waals surface area contributed by atoms with E-state index in [0.29, 0.717) is 5.76 Å². The van der Waals surface area contributed by atoms with Crippen molar-refractivity contribution in [1.29, 1.82) is 0 Å². The number of para-hydroxylation sites is 1. The molecule has 0 fully saturated rings. The first-order chi connectivity index (χ1) is 6.81. The number of oxazole rings is 1. The molecule has 0 aliphatic heterocycles. The van der Waals surface area contributed by atoms with E-state index in [-0.39, 0.29) is 6.01 Å². The first kappa shape index (κ1) is 8.62. The number of nitrogens with two attached hydrogens (primary N) is 1. The second-order valence-electron chi connectivity index (χ2n) is 2.76. The summed E-state index contributed by atoms with van der Waals surface area (Å²) in [5, 5.41) is 0. The highest BCUT2D eigenvalue weighted by Gasteiger charge is 2.08. The molecule has 0 aliphatic carbocycles. The Morgan fingerprint density at radius 3 is 2.79 bits per heavy atom. The number of ether oxygens (including phenoxy) is 1. The lowest BCUT2D eigenvalue weighted by Gasteiger charge is -2.03. The highest BCUT2D eigenvalue weighted by atomic mass is 16.5. The van der Waals surface area contributed by atoms with Crippen LogP contribution in [0.15, 0.2) is 34.9 Å². The Hall–Kier alpha value is -1.97. The molecule has 0 aliphatic rings. The van der Waals surface area contributed by atoms with Gasteiger partial charge in [0.15, 0.2) is 5.76 Å². The molecule has 1 aromatic carbocycles. The Labute approximate surface area is 81.3 Å². The van der Waals surface area contributed by atoms with Gasteiger partial charge in [0.05, 0.1) is 18.9 Å². The zero-order chi connectivity index (χ0) is 9.97. The van der Waals surface area contributed by atoms with Gasteiger partial charge >= 0.3 is 0 Å². The van der Waals surface area contributed by atoms with Crippen molar-refractivity contribution in [1.82, 2.24) is 4.98 Å². The van der Waals surface area contributed by atoms with Crippen LogP contribution in [0, 0.1) is 0 Å². The smallest absolute Gasteiger partial charge is 0.292 e. The normalized spacial score (nSPS) is 10.1. The number of nitrogens with zero attached hydrogens (tertiary/aromatic N) is 1. The number of aromatic nitrogens is 1. The van der Waals surface area contributed by atoms with Gasteiger partial charge in [-0.3, -0.25) is 0 Å². The summed E-state index contributed by atoms with van der Waals surface area (Å²) in [6, 6.07) is 7.69. The maximum absolute atomic E-state index is 5.39. The van der Waals surface area contributed by atoms with Crippen LogP contribution in [0.2, 0.25) is 0 Å². The molecule has 14 heavy (non-hydrogen) atoms. The fraction of sp³-hybridized carbons (Fsp3) is 0.100. The summed E-state index contributed by atoms with van der Waals surface area (Å²) >= 11 is 0. The predicted octanol–water partition coefficient (Wildman–Crippen LogP) is 1.93. The van der Waals surface area contributed by atoms with Gasteiger partial charge in [-0.05, 0) is 12.1 Å². The van der Waals surface area contributed by atoms with Crippen molar-refractivity contribution in [3.05, 3.63) is 30.5 Å². The molecule has 72 valence electrons. The summed E-state index contributed by atoms with van der Waals surface area (Å²) in [7, 11) is 1.61. The first-order valence-electron chi connectivity index (χ1n) is 4.16. The molecular weight excluding hydrogens is 180 g/mol. The van der Waals surface area contributed by atoms with E-state index in [2.05, 4.69) is 4.98 Å². The summed E-state index contributed by atoms with van der Waals surface area (Å²) in [5.74, 6) is 1.35. The molecule has 0 saturated carbocycles. The summed E-state index contributed by atoms with van der Waals surface area (Å²) in [4.78, 5) is 3.82. The molecule has 4 nitrogen and oxygen atoms in total. The minimum Gasteiger partial charge on any atom is -0.496 e. The van der Waals surface area contributed by atoms with Crippen LogP contribution in [0.25, 0.3) is 11.3 Å². The number of hydrogen-bond acceptors (Lipinski definition) is 4. The number of benzene rings is 1. The van der Waals surface area contributed by atoms with Gasteiger partial charge in [0.25, 0.3) is 6.01 Å². The minimum atomic E-state index is 0.158. The summed E-state index contributed by atoms with van der Waals surface area (Å²) in [6.07, 6.45) is 1.58. The summed E-state index contributed by atoms with van der Waals surface area (Å²) in [5.41, 5.74) is 6.24. The lowest BCUT2D eigenvalue weighted by atomic mass is 10.1. The van der Waals surface area contributed by atoms with Gasteiger partial charge in [0.2, 0.25) is 0 Å². The highest BCUT2D eigenvalue weighted by molar-refractivity contribution is 5.65. The van der Waals surface area contributed by atoms with E-state index in [9.17, 15) is 0 Å². The number of anilines is 1. The van der Waals surface area contributed by atoms with E-state index in [1.165, 1.54) is 0 Å². The van der Waals surface area contributed by atoms with Gasteiger partial charge in [-0.2, -0.15) is 0 Å². The average molecular weight is 190 g/mol. The van der Waals surface area contributed by atoms with Crippen molar-refractivity contribution < 1.29 is 9.15 Å². The molecular formula is C10H10N2O2. The molecule has 0 bridgehead atoms. The Bertz CT molecular complexity index is 437. The highest BCUT2D eigenvalue weighted by Crippen LogP contribution is 2.30. The predicted molar refractivity (Wildman–Crippen MR) is 52.9 cm³/mol. The Morgan fingerprint density at radius 2 is 2.14 bits per heavy atom. The van der Waals surface area contributed by atoms with Crippen LogP contribution in [0.1, 0.15) is 0 Å². The number of hydrogen-bond donors (Lipinski definition) is 1. The third kappa shape index (κ3) is 1.42. The van der Waals surface area contributed by atoms with Gasteiger partial charge in [0, 0.05) is 0 Å². The fourth-order valence-electron chi connectivity index (χ4n) is 1.26. The minimum absolute atomic E-state index is 0.158. The van der Waals surface area contributed by atoms with Gasteiger partial charge in [-0.25, -0.2) is 4.98 Å². The lowest BCUT2D eigenvalue weighted by molar-refractivity contribution is 0.415. The molecule has 2 N–H and O–H groups in total. The molecule has 0 radical (unpaired) electrons. The van der Waals surface area contributed by atoms with E-state index in [0.717, 1.165) is 11.3 Å². The third-order valence-corrected chi connectivity index (χ3v) is 1.90. The topological polar surface area (TPSA) is 61.3 Å². The maximum Gasteiger partial charge on any atom is 0.292 e. The Balaban J connectivity index is 2.50. The monoisotopic (exact) mass is 190 g/mol. The van der Waals surface area contributed by atoms with E-state index < -0.39 is 0 Å². The van der Waals surface area contributed by atoms with Crippen LogP contribution in [-0.2, 0) is 0 Å². The lowest BCUT2D eigenvalue weighted by Crippen LogP contribution is -1.85. The molecule has 0 atom stereocenters. The van der Waals surface area contributed by atoms with Crippen molar-refractivity contribution in [2.24, 2.45) is 0 Å². The van der Waals surface area contributed by atoms with Gasteiger partial charge in [-0.15, -0.1) is 0 Å². The van der Waals surface area contributed by atoms with Gasteiger partial charge in [0.1, 0.15) is 5.75 Å². The molecule has 0 unspecified atom stereocenters. The van der Waals surface area contributed by atoms with Crippen molar-refractivity contribution in [3.8, 4) is 17.1 Å². The number of rotatable bonds is 2. The quantitative estimate of drug-likeness (QED) is 0.786. The average Bonchev–Trinajstić information content (AvgIpc) is 2.65. The van der Waals surface area contributed by atoms with Crippen molar-refractivity contribution >= 4 is 6.01 Å². The maximum atomic E-state index is 5.39. The standard InChI is InChI=1S/C10H10N2O2/c1-13-8-5-3-2-4-7(8)9-6-12-10(11)14-9/h2-6H,1H3,(H2,11,12). The van der Waals surface area contributed by atoms with Crippen molar-refractivity contribution in [3.63, 3.8) is 0 Å².